The van der Waals surface area contributed by atoms with Gasteiger partial charge in [0, 0.05) is 61.5 Å². The molecule has 9 rings (SSSR count). The number of terminal acetylenes is 1. The number of aromatic nitrogens is 3. The van der Waals surface area contributed by atoms with Gasteiger partial charge in [-0.25, -0.2) is 18.0 Å². The van der Waals surface area contributed by atoms with E-state index in [9.17, 15) is 13.6 Å². The fourth-order valence-electron chi connectivity index (χ4n) is 9.27. The zero-order chi connectivity index (χ0) is 36.4. The largest absolute Gasteiger partial charge is 0.461 e. The molecule has 0 spiro atoms. The van der Waals surface area contributed by atoms with Crippen molar-refractivity contribution in [1.82, 2.24) is 30.1 Å². The van der Waals surface area contributed by atoms with Crippen LogP contribution in [-0.4, -0.2) is 107 Å². The van der Waals surface area contributed by atoms with Gasteiger partial charge in [0.25, 0.3) is 0 Å². The fraction of sp³-hybridized carbons (Fsp3) is 0.450. The maximum Gasteiger partial charge on any atom is 0.409 e. The molecule has 2 aromatic heterocycles. The lowest BCUT2D eigenvalue weighted by Gasteiger charge is -2.35. The topological polar surface area (TPSA) is 96.0 Å². The van der Waals surface area contributed by atoms with Crippen LogP contribution in [0.15, 0.2) is 48.7 Å². The van der Waals surface area contributed by atoms with E-state index in [1.807, 2.05) is 0 Å². The van der Waals surface area contributed by atoms with Gasteiger partial charge in [-0.05, 0) is 50.0 Å². The Kier molecular flexibility index (Phi) is 8.42. The molecule has 5 fully saturated rings. The van der Waals surface area contributed by atoms with Gasteiger partial charge in [-0.15, -0.1) is 6.42 Å². The molecule has 4 aromatic rings. The first-order chi connectivity index (χ1) is 25.7. The van der Waals surface area contributed by atoms with Crippen LogP contribution in [0.2, 0.25) is 0 Å². The van der Waals surface area contributed by atoms with E-state index in [1.54, 1.807) is 30.5 Å². The van der Waals surface area contributed by atoms with Crippen molar-refractivity contribution in [3.05, 3.63) is 65.9 Å². The zero-order valence-electron chi connectivity index (χ0n) is 29.3. The van der Waals surface area contributed by atoms with Gasteiger partial charge in [-0.3, -0.25) is 9.88 Å². The third-order valence-electron chi connectivity index (χ3n) is 11.8. The average molecular weight is 724 g/mol. The quantitative estimate of drug-likeness (QED) is 0.189. The first kappa shape index (κ1) is 33.9. The van der Waals surface area contributed by atoms with Gasteiger partial charge < -0.3 is 24.6 Å². The van der Waals surface area contributed by atoms with Crippen molar-refractivity contribution in [3.8, 4) is 29.6 Å². The number of anilines is 1. The van der Waals surface area contributed by atoms with E-state index in [2.05, 4.69) is 37.6 Å². The molecule has 1 unspecified atom stereocenters. The van der Waals surface area contributed by atoms with Crippen LogP contribution >= 0.6 is 0 Å². The minimum atomic E-state index is -1.01. The molecule has 5 aliphatic rings. The molecule has 1 amide bonds. The molecule has 13 heteroatoms. The van der Waals surface area contributed by atoms with E-state index in [0.29, 0.717) is 78.6 Å². The number of piperazine rings is 1. The first-order valence-electron chi connectivity index (χ1n) is 18.4. The van der Waals surface area contributed by atoms with E-state index in [4.69, 9.17) is 20.9 Å². The van der Waals surface area contributed by atoms with Crippen LogP contribution in [0.4, 0.5) is 23.8 Å². The molecule has 10 nitrogen and oxygen atoms in total. The van der Waals surface area contributed by atoms with Crippen molar-refractivity contribution in [1.29, 1.82) is 0 Å². The van der Waals surface area contributed by atoms with E-state index in [-0.39, 0.29) is 48.6 Å². The summed E-state index contributed by atoms with van der Waals surface area (Å²) in [4.78, 5) is 32.7. The number of halogens is 3. The number of alkyl halides is 1. The highest BCUT2D eigenvalue weighted by Crippen LogP contribution is 2.45. The number of rotatable bonds is 7. The fourth-order valence-corrected chi connectivity index (χ4v) is 9.27. The number of nitrogens with zero attached hydrogens (tertiary/aromatic N) is 6. The van der Waals surface area contributed by atoms with Gasteiger partial charge in [0.15, 0.2) is 5.82 Å². The maximum atomic E-state index is 17.0. The number of benzene rings is 2. The molecule has 0 radical (unpaired) electrons. The van der Waals surface area contributed by atoms with Crippen molar-refractivity contribution < 1.29 is 27.4 Å². The zero-order valence-corrected chi connectivity index (χ0v) is 29.3. The number of ether oxygens (including phenoxy) is 2. The smallest absolute Gasteiger partial charge is 0.409 e. The molecule has 5 aliphatic heterocycles. The van der Waals surface area contributed by atoms with Crippen molar-refractivity contribution in [2.75, 3.05) is 50.8 Å². The molecule has 0 aliphatic carbocycles. The van der Waals surface area contributed by atoms with Gasteiger partial charge in [-0.2, -0.15) is 9.97 Å². The van der Waals surface area contributed by atoms with Crippen LogP contribution in [-0.2, 0) is 4.74 Å². The van der Waals surface area contributed by atoms with Crippen LogP contribution in [0.25, 0.3) is 32.9 Å². The second-order valence-electron chi connectivity index (χ2n) is 15.2. The Morgan fingerprint density at radius 2 is 1.92 bits per heavy atom. The van der Waals surface area contributed by atoms with Gasteiger partial charge in [0.05, 0.1) is 23.0 Å². The van der Waals surface area contributed by atoms with Gasteiger partial charge >= 0.3 is 12.1 Å². The summed E-state index contributed by atoms with van der Waals surface area (Å²) < 4.78 is 57.7. The summed E-state index contributed by atoms with van der Waals surface area (Å²) in [6.45, 7) is 7.12. The van der Waals surface area contributed by atoms with Crippen molar-refractivity contribution in [3.63, 3.8) is 0 Å². The lowest BCUT2D eigenvalue weighted by atomic mass is 9.94. The number of carbonyl (C=O) groups excluding carboxylic acids is 1. The third kappa shape index (κ3) is 5.92. The number of amides is 1. The van der Waals surface area contributed by atoms with Crippen LogP contribution in [0.1, 0.15) is 44.1 Å². The minimum Gasteiger partial charge on any atom is -0.461 e. The highest BCUT2D eigenvalue weighted by molar-refractivity contribution is 6.02. The Morgan fingerprint density at radius 3 is 2.70 bits per heavy atom. The van der Waals surface area contributed by atoms with Gasteiger partial charge in [0.1, 0.15) is 42.2 Å². The highest BCUT2D eigenvalue weighted by Gasteiger charge is 2.51. The lowest BCUT2D eigenvalue weighted by molar-refractivity contribution is 0.0459. The predicted molar refractivity (Wildman–Crippen MR) is 194 cm³/mol. The lowest BCUT2D eigenvalue weighted by Crippen LogP contribution is -2.51. The number of fused-ring (bicyclic) bond motifs is 5. The molecule has 53 heavy (non-hydrogen) atoms. The number of nitrogens with one attached hydrogen (secondary N) is 1. The molecule has 2 bridgehead atoms. The summed E-state index contributed by atoms with van der Waals surface area (Å²) in [6.07, 6.45) is 10.5. The maximum absolute atomic E-state index is 17.0. The summed E-state index contributed by atoms with van der Waals surface area (Å²) >= 11 is 0. The summed E-state index contributed by atoms with van der Waals surface area (Å²) in [5, 5.41) is 5.16. The Hall–Kier alpha value is -4.93. The monoisotopic (exact) mass is 723 g/mol. The summed E-state index contributed by atoms with van der Waals surface area (Å²) in [6, 6.07) is 8.74. The predicted octanol–water partition coefficient (Wildman–Crippen LogP) is 5.77. The number of hydrogen-bond donors (Lipinski definition) is 1. The minimum absolute atomic E-state index is 0.00203. The second kappa shape index (κ2) is 13.2. The van der Waals surface area contributed by atoms with Crippen molar-refractivity contribution in [2.45, 2.75) is 68.4 Å². The molecule has 0 saturated carbocycles. The Balaban J connectivity index is 1.05. The molecule has 7 heterocycles. The standard InChI is InChI=1S/C40H40F3N7O3/c1-3-29-32(42)10-7-24-5-4-6-30(33(24)29)35-34(43)36-31(16-44-35)37(49-19-26-8-9-27(20-49)45-26)47-38(46-36)53-22-40-13-11-28(50(40)17-23(2)15-40)21-52-39(51)48-14-12-25(41)18-48/h1,4-7,10,16,25-28,45H,2,8-9,11-15,17-22H2/t25?,26-,27+,28-,40-/m0/s1. The number of carbonyl (C=O) groups is 1. The molecular formula is C40H40F3N7O3. The van der Waals surface area contributed by atoms with E-state index in [0.717, 1.165) is 31.3 Å². The third-order valence-corrected chi connectivity index (χ3v) is 11.8. The molecule has 2 aromatic carbocycles. The van der Waals surface area contributed by atoms with Crippen LogP contribution in [0.5, 0.6) is 6.01 Å². The number of pyridine rings is 1. The Labute approximate surface area is 305 Å². The summed E-state index contributed by atoms with van der Waals surface area (Å²) in [5.74, 6) is 1.74. The SMILES string of the molecule is C#Cc1c(F)ccc2cccc(-c3ncc4c(N5C[C@H]6CC[C@@H](C5)N6)nc(OC[C@@]56CC[C@@H](COC(=O)N7CCC(F)C7)N5CC(=C)C6)nc4c3F)c12. The van der Waals surface area contributed by atoms with Gasteiger partial charge in [-0.1, -0.05) is 42.3 Å². The van der Waals surface area contributed by atoms with Gasteiger partial charge in [0.2, 0.25) is 0 Å². The van der Waals surface area contributed by atoms with Crippen molar-refractivity contribution >= 4 is 33.6 Å². The molecule has 274 valence electrons. The number of likely N-dealkylation sites (tertiary alicyclic amines) is 1. The first-order valence-corrected chi connectivity index (χ1v) is 18.4. The Bertz CT molecular complexity index is 2180. The Morgan fingerprint density at radius 1 is 1.09 bits per heavy atom. The average Bonchev–Trinajstić information content (AvgIpc) is 3.92. The molecule has 5 saturated heterocycles. The van der Waals surface area contributed by atoms with Crippen LogP contribution in [0, 0.1) is 24.0 Å². The summed E-state index contributed by atoms with van der Waals surface area (Å²) in [5.41, 5.74) is 1.07. The second-order valence-corrected chi connectivity index (χ2v) is 15.2. The van der Waals surface area contributed by atoms with E-state index < -0.39 is 29.4 Å². The number of hydrogen-bond acceptors (Lipinski definition) is 9. The molecule has 1 N–H and O–H groups in total. The normalized spacial score (nSPS) is 26.8. The molecular weight excluding hydrogens is 683 g/mol. The molecule has 5 atom stereocenters. The van der Waals surface area contributed by atoms with E-state index >= 15 is 4.39 Å². The van der Waals surface area contributed by atoms with Crippen LogP contribution < -0.4 is 15.0 Å². The van der Waals surface area contributed by atoms with E-state index in [1.165, 1.54) is 11.0 Å². The van der Waals surface area contributed by atoms with Crippen LogP contribution in [0.3, 0.4) is 0 Å². The highest BCUT2D eigenvalue weighted by atomic mass is 19.1. The van der Waals surface area contributed by atoms with Crippen molar-refractivity contribution in [2.24, 2.45) is 0 Å². The summed E-state index contributed by atoms with van der Waals surface area (Å²) in [7, 11) is 0.